The fraction of sp³-hybridized carbons (Fsp3) is 0.312. The molecule has 0 aliphatic heterocycles. The molecule has 3 aromatic rings. The second-order valence-corrected chi connectivity index (χ2v) is 6.45. The number of hydrogen-bond donors (Lipinski definition) is 0. The highest BCUT2D eigenvalue weighted by Gasteiger charge is 2.22. The molecule has 3 aromatic heterocycles. The zero-order valence-corrected chi connectivity index (χ0v) is 13.9. The Kier molecular flexibility index (Phi) is 3.70. The number of aromatic nitrogens is 3. The number of carbonyl (C=O) groups is 1. The first kappa shape index (κ1) is 14.7. The Morgan fingerprint density at radius 2 is 2.23 bits per heavy atom. The summed E-state index contributed by atoms with van der Waals surface area (Å²) in [6, 6.07) is 5.79. The Hall–Kier alpha value is -2.21. The molecule has 0 saturated carbocycles. The summed E-state index contributed by atoms with van der Waals surface area (Å²) in [6.07, 6.45) is 3.53. The van der Waals surface area contributed by atoms with Crippen molar-refractivity contribution in [2.45, 2.75) is 19.9 Å². The van der Waals surface area contributed by atoms with Gasteiger partial charge in [-0.05, 0) is 31.5 Å². The highest BCUT2D eigenvalue weighted by molar-refractivity contribution is 7.20. The van der Waals surface area contributed by atoms with Gasteiger partial charge in [0.1, 0.15) is 4.83 Å². The summed E-state index contributed by atoms with van der Waals surface area (Å²) in [6.45, 7) is 3.97. The van der Waals surface area contributed by atoms with E-state index in [9.17, 15) is 4.79 Å². The van der Waals surface area contributed by atoms with E-state index in [1.165, 1.54) is 11.3 Å². The van der Waals surface area contributed by atoms with E-state index in [2.05, 4.69) is 10.1 Å². The average Bonchev–Trinajstić information content (AvgIpc) is 3.08. The van der Waals surface area contributed by atoms with Crippen LogP contribution in [-0.2, 0) is 7.05 Å². The minimum absolute atomic E-state index is 0.0226. The third kappa shape index (κ3) is 2.39. The Morgan fingerprint density at radius 3 is 2.86 bits per heavy atom. The molecule has 0 aliphatic carbocycles. The third-order valence-electron chi connectivity index (χ3n) is 3.98. The molecule has 1 atom stereocenters. The van der Waals surface area contributed by atoms with E-state index >= 15 is 0 Å². The summed E-state index contributed by atoms with van der Waals surface area (Å²) in [5, 5.41) is 5.43. The van der Waals surface area contributed by atoms with Gasteiger partial charge in [0.15, 0.2) is 0 Å². The first-order valence-electron chi connectivity index (χ1n) is 7.09. The molecule has 6 heteroatoms. The summed E-state index contributed by atoms with van der Waals surface area (Å²) >= 11 is 1.49. The van der Waals surface area contributed by atoms with Crippen LogP contribution < -0.4 is 0 Å². The van der Waals surface area contributed by atoms with Crippen molar-refractivity contribution in [3.63, 3.8) is 0 Å². The van der Waals surface area contributed by atoms with Crippen LogP contribution >= 0.6 is 11.3 Å². The Balaban J connectivity index is 1.90. The largest absolute Gasteiger partial charge is 0.334 e. The fourth-order valence-electron chi connectivity index (χ4n) is 2.51. The molecule has 1 amide bonds. The van der Waals surface area contributed by atoms with Crippen LogP contribution in [0.1, 0.15) is 33.9 Å². The molecule has 5 nitrogen and oxygen atoms in total. The van der Waals surface area contributed by atoms with Crippen LogP contribution in [0.5, 0.6) is 0 Å². The number of rotatable bonds is 3. The molecule has 3 rings (SSSR count). The van der Waals surface area contributed by atoms with Gasteiger partial charge >= 0.3 is 0 Å². The lowest BCUT2D eigenvalue weighted by Crippen LogP contribution is -2.29. The van der Waals surface area contributed by atoms with Gasteiger partial charge in [0.2, 0.25) is 0 Å². The normalized spacial score (nSPS) is 12.5. The number of aryl methyl sites for hydroxylation is 2. The predicted octanol–water partition coefficient (Wildman–Crippen LogP) is 3.17. The fourth-order valence-corrected chi connectivity index (χ4v) is 3.61. The van der Waals surface area contributed by atoms with E-state index in [-0.39, 0.29) is 11.9 Å². The molecule has 0 N–H and O–H groups in total. The minimum Gasteiger partial charge on any atom is -0.334 e. The van der Waals surface area contributed by atoms with E-state index < -0.39 is 0 Å². The van der Waals surface area contributed by atoms with E-state index in [4.69, 9.17) is 0 Å². The molecule has 3 heterocycles. The summed E-state index contributed by atoms with van der Waals surface area (Å²) in [5.74, 6) is 0.0250. The third-order valence-corrected chi connectivity index (χ3v) is 5.16. The van der Waals surface area contributed by atoms with E-state index in [1.54, 1.807) is 17.3 Å². The van der Waals surface area contributed by atoms with Crippen molar-refractivity contribution >= 4 is 27.5 Å². The second kappa shape index (κ2) is 5.53. The van der Waals surface area contributed by atoms with Gasteiger partial charge in [0.25, 0.3) is 5.91 Å². The van der Waals surface area contributed by atoms with Crippen molar-refractivity contribution in [3.05, 3.63) is 46.7 Å². The van der Waals surface area contributed by atoms with Crippen molar-refractivity contribution < 1.29 is 4.79 Å². The topological polar surface area (TPSA) is 51.0 Å². The van der Waals surface area contributed by atoms with E-state index in [0.717, 1.165) is 26.4 Å². The smallest absolute Gasteiger partial charge is 0.264 e. The molecule has 0 spiro atoms. The van der Waals surface area contributed by atoms with Crippen molar-refractivity contribution in [2.24, 2.45) is 7.05 Å². The lowest BCUT2D eigenvalue weighted by Gasteiger charge is -2.24. The van der Waals surface area contributed by atoms with Crippen molar-refractivity contribution in [1.29, 1.82) is 0 Å². The van der Waals surface area contributed by atoms with Crippen LogP contribution in [0, 0.1) is 6.92 Å². The number of hydrogen-bond acceptors (Lipinski definition) is 4. The quantitative estimate of drug-likeness (QED) is 0.746. The SMILES string of the molecule is Cc1nn(C)c2sc(C(=O)N(C)C(C)c3cccnc3)cc12. The first-order chi connectivity index (χ1) is 10.5. The molecule has 0 aliphatic rings. The van der Waals surface area contributed by atoms with Gasteiger partial charge in [-0.15, -0.1) is 11.3 Å². The van der Waals surface area contributed by atoms with Crippen molar-refractivity contribution in [3.8, 4) is 0 Å². The number of fused-ring (bicyclic) bond motifs is 1. The highest BCUT2D eigenvalue weighted by Crippen LogP contribution is 2.30. The maximum Gasteiger partial charge on any atom is 0.264 e. The van der Waals surface area contributed by atoms with Gasteiger partial charge in [0.05, 0.1) is 16.6 Å². The number of thiophene rings is 1. The molecular formula is C16H18N4OS. The summed E-state index contributed by atoms with van der Waals surface area (Å²) in [4.78, 5) is 20.4. The number of amides is 1. The van der Waals surface area contributed by atoms with E-state index in [0.29, 0.717) is 0 Å². The van der Waals surface area contributed by atoms with Gasteiger partial charge in [-0.25, -0.2) is 0 Å². The zero-order chi connectivity index (χ0) is 15.9. The highest BCUT2D eigenvalue weighted by atomic mass is 32.1. The van der Waals surface area contributed by atoms with Crippen LogP contribution in [0.25, 0.3) is 10.2 Å². The Morgan fingerprint density at radius 1 is 1.45 bits per heavy atom. The maximum atomic E-state index is 12.7. The van der Waals surface area contributed by atoms with Crippen LogP contribution in [0.15, 0.2) is 30.6 Å². The molecule has 22 heavy (non-hydrogen) atoms. The average molecular weight is 314 g/mol. The Bertz CT molecular complexity index is 787. The number of pyridine rings is 1. The van der Waals surface area contributed by atoms with Gasteiger partial charge in [-0.3, -0.25) is 14.5 Å². The van der Waals surface area contributed by atoms with Crippen LogP contribution in [-0.4, -0.2) is 32.6 Å². The molecule has 114 valence electrons. The predicted molar refractivity (Wildman–Crippen MR) is 88.1 cm³/mol. The molecule has 0 aromatic carbocycles. The number of nitrogens with zero attached hydrogens (tertiary/aromatic N) is 4. The molecule has 0 bridgehead atoms. The number of carbonyl (C=O) groups excluding carboxylic acids is 1. The van der Waals surface area contributed by atoms with Gasteiger partial charge in [0, 0.05) is 31.9 Å². The van der Waals surface area contributed by atoms with Crippen molar-refractivity contribution in [1.82, 2.24) is 19.7 Å². The maximum absolute atomic E-state index is 12.7. The van der Waals surface area contributed by atoms with Crippen LogP contribution in [0.2, 0.25) is 0 Å². The minimum atomic E-state index is -0.0226. The van der Waals surface area contributed by atoms with Gasteiger partial charge in [-0.2, -0.15) is 5.10 Å². The molecule has 1 unspecified atom stereocenters. The summed E-state index contributed by atoms with van der Waals surface area (Å²) in [7, 11) is 3.73. The lowest BCUT2D eigenvalue weighted by atomic mass is 10.1. The lowest BCUT2D eigenvalue weighted by molar-refractivity contribution is 0.0747. The molecular weight excluding hydrogens is 296 g/mol. The van der Waals surface area contributed by atoms with Crippen LogP contribution in [0.3, 0.4) is 0 Å². The summed E-state index contributed by atoms with van der Waals surface area (Å²) in [5.41, 5.74) is 1.98. The molecule has 0 saturated heterocycles. The van der Waals surface area contributed by atoms with Crippen molar-refractivity contribution in [2.75, 3.05) is 7.05 Å². The standard InChI is InChI=1S/C16H18N4OS/c1-10-13-8-14(22-16(13)20(4)18-10)15(21)19(3)11(2)12-6-5-7-17-9-12/h5-9,11H,1-4H3. The molecule has 0 radical (unpaired) electrons. The van der Waals surface area contributed by atoms with Crippen LogP contribution in [0.4, 0.5) is 0 Å². The molecule has 0 fully saturated rings. The second-order valence-electron chi connectivity index (χ2n) is 5.42. The van der Waals surface area contributed by atoms with Gasteiger partial charge < -0.3 is 4.90 Å². The van der Waals surface area contributed by atoms with E-state index in [1.807, 2.05) is 50.8 Å². The Labute approximate surface area is 133 Å². The van der Waals surface area contributed by atoms with Gasteiger partial charge in [-0.1, -0.05) is 6.07 Å². The monoisotopic (exact) mass is 314 g/mol. The summed E-state index contributed by atoms with van der Waals surface area (Å²) < 4.78 is 1.83. The zero-order valence-electron chi connectivity index (χ0n) is 13.1. The first-order valence-corrected chi connectivity index (χ1v) is 7.91.